The number of anilines is 2. The van der Waals surface area contributed by atoms with E-state index < -0.39 is 5.25 Å². The molecule has 1 heterocycles. The molecule has 7 nitrogen and oxygen atoms in total. The highest BCUT2D eigenvalue weighted by molar-refractivity contribution is 8.00. The van der Waals surface area contributed by atoms with Crippen molar-refractivity contribution in [3.05, 3.63) is 70.6 Å². The van der Waals surface area contributed by atoms with Gasteiger partial charge in [-0.25, -0.2) is 4.68 Å². The number of nitrogens with one attached hydrogen (secondary N) is 2. The number of amides is 2. The highest BCUT2D eigenvalue weighted by atomic mass is 32.2. The Labute approximate surface area is 209 Å². The first-order valence-electron chi connectivity index (χ1n) is 12.1. The quantitative estimate of drug-likeness (QED) is 0.448. The molecule has 3 aromatic rings. The molecule has 2 amide bonds. The molecule has 1 atom stereocenters. The van der Waals surface area contributed by atoms with Crippen molar-refractivity contribution in [1.82, 2.24) is 9.36 Å². The van der Waals surface area contributed by atoms with E-state index in [4.69, 9.17) is 0 Å². The van der Waals surface area contributed by atoms with Crippen molar-refractivity contribution in [3.63, 3.8) is 0 Å². The average Bonchev–Trinajstić information content (AvgIpc) is 3.09. The summed E-state index contributed by atoms with van der Waals surface area (Å²) < 4.78 is 3.29. The van der Waals surface area contributed by atoms with Crippen molar-refractivity contribution in [1.29, 1.82) is 0 Å². The number of thioether (sulfide) groups is 1. The van der Waals surface area contributed by atoms with Gasteiger partial charge in [-0.2, -0.15) is 0 Å². The normalized spacial score (nSPS) is 14.9. The molecule has 1 saturated carbocycles. The summed E-state index contributed by atoms with van der Waals surface area (Å²) in [5.41, 5.74) is 2.21. The lowest BCUT2D eigenvalue weighted by atomic mass is 9.88. The van der Waals surface area contributed by atoms with Crippen molar-refractivity contribution in [2.75, 3.05) is 10.6 Å². The topological polar surface area (TPSA) is 85.1 Å². The van der Waals surface area contributed by atoms with Crippen molar-refractivity contribution in [2.24, 2.45) is 13.0 Å². The molecular weight excluding hydrogens is 460 g/mol. The molecule has 0 saturated heterocycles. The molecule has 1 aromatic heterocycles. The highest BCUT2D eigenvalue weighted by Crippen LogP contribution is 2.28. The van der Waals surface area contributed by atoms with Crippen LogP contribution in [-0.2, 0) is 16.6 Å². The summed E-state index contributed by atoms with van der Waals surface area (Å²) in [7, 11) is 1.80. The maximum atomic E-state index is 13.1. The van der Waals surface area contributed by atoms with Gasteiger partial charge in [0.2, 0.25) is 11.8 Å². The molecule has 0 radical (unpaired) electrons. The SMILES string of the molecule is Cc1c(NC(=O)C(C)Sc2ccc(NC(=O)C3CCCCC3)cc2)c(=O)n(-c2ccccc2)n1C. The van der Waals surface area contributed by atoms with Crippen LogP contribution < -0.4 is 16.2 Å². The van der Waals surface area contributed by atoms with Gasteiger partial charge in [0.15, 0.2) is 0 Å². The number of para-hydroxylation sites is 1. The molecule has 0 aliphatic heterocycles. The number of carbonyl (C=O) groups excluding carboxylic acids is 2. The van der Waals surface area contributed by atoms with Gasteiger partial charge in [-0.3, -0.25) is 19.1 Å². The lowest BCUT2D eigenvalue weighted by Crippen LogP contribution is -2.27. The van der Waals surface area contributed by atoms with Crippen LogP contribution in [0.3, 0.4) is 0 Å². The van der Waals surface area contributed by atoms with Gasteiger partial charge in [-0.05, 0) is 63.1 Å². The first kappa shape index (κ1) is 24.9. The lowest BCUT2D eigenvalue weighted by Gasteiger charge is -2.20. The minimum absolute atomic E-state index is 0.0947. The minimum atomic E-state index is -0.415. The number of nitrogens with zero attached hydrogens (tertiary/aromatic N) is 2. The monoisotopic (exact) mass is 492 g/mol. The Bertz CT molecular complexity index is 1240. The average molecular weight is 493 g/mol. The number of aromatic nitrogens is 2. The summed E-state index contributed by atoms with van der Waals surface area (Å²) >= 11 is 1.41. The van der Waals surface area contributed by atoms with Gasteiger partial charge >= 0.3 is 0 Å². The van der Waals surface area contributed by atoms with Crippen LogP contribution in [0.1, 0.15) is 44.7 Å². The number of rotatable bonds is 7. The van der Waals surface area contributed by atoms with E-state index in [9.17, 15) is 14.4 Å². The Morgan fingerprint density at radius 2 is 1.63 bits per heavy atom. The fourth-order valence-electron chi connectivity index (χ4n) is 4.42. The number of hydrogen-bond donors (Lipinski definition) is 2. The van der Waals surface area contributed by atoms with Gasteiger partial charge in [0.05, 0.1) is 16.6 Å². The van der Waals surface area contributed by atoms with Gasteiger partial charge in [0.1, 0.15) is 5.69 Å². The smallest absolute Gasteiger partial charge is 0.295 e. The number of hydrogen-bond acceptors (Lipinski definition) is 4. The molecule has 1 fully saturated rings. The Morgan fingerprint density at radius 3 is 2.29 bits per heavy atom. The predicted octanol–water partition coefficient (Wildman–Crippen LogP) is 5.12. The van der Waals surface area contributed by atoms with E-state index in [-0.39, 0.29) is 29.0 Å². The van der Waals surface area contributed by atoms with Crippen LogP contribution in [0, 0.1) is 12.8 Å². The summed E-state index contributed by atoms with van der Waals surface area (Å²) in [5, 5.41) is 5.43. The third-order valence-electron chi connectivity index (χ3n) is 6.58. The molecule has 8 heteroatoms. The summed E-state index contributed by atoms with van der Waals surface area (Å²) in [6.45, 7) is 3.63. The Morgan fingerprint density at radius 1 is 0.971 bits per heavy atom. The first-order valence-corrected chi connectivity index (χ1v) is 13.0. The van der Waals surface area contributed by atoms with E-state index in [2.05, 4.69) is 10.6 Å². The van der Waals surface area contributed by atoms with Crippen LogP contribution in [0.4, 0.5) is 11.4 Å². The third kappa shape index (κ3) is 5.70. The van der Waals surface area contributed by atoms with Crippen LogP contribution in [-0.4, -0.2) is 26.4 Å². The van der Waals surface area contributed by atoms with Gasteiger partial charge in [-0.1, -0.05) is 37.5 Å². The fourth-order valence-corrected chi connectivity index (χ4v) is 5.29. The molecule has 0 bridgehead atoms. The van der Waals surface area contributed by atoms with E-state index in [1.165, 1.54) is 18.2 Å². The fraction of sp³-hybridized carbons (Fsp3) is 0.370. The zero-order chi connectivity index (χ0) is 24.9. The molecule has 4 rings (SSSR count). The zero-order valence-electron chi connectivity index (χ0n) is 20.4. The summed E-state index contributed by atoms with van der Waals surface area (Å²) in [4.78, 5) is 39.4. The summed E-state index contributed by atoms with van der Waals surface area (Å²) in [6.07, 6.45) is 5.38. The largest absolute Gasteiger partial charge is 0.326 e. The standard InChI is InChI=1S/C27H32N4O3S/c1-18-24(27(34)31(30(18)3)22-12-8-5-9-13-22)29-25(32)19(2)35-23-16-14-21(15-17-23)28-26(33)20-10-6-4-7-11-20/h5,8-9,12-17,19-20H,4,6-7,10-11H2,1-3H3,(H,28,33)(H,29,32). The second-order valence-corrected chi connectivity index (χ2v) is 10.4. The van der Waals surface area contributed by atoms with Crippen molar-refractivity contribution in [3.8, 4) is 5.69 Å². The maximum absolute atomic E-state index is 13.1. The van der Waals surface area contributed by atoms with Gasteiger partial charge in [0.25, 0.3) is 5.56 Å². The predicted molar refractivity (Wildman–Crippen MR) is 141 cm³/mol. The van der Waals surface area contributed by atoms with E-state index in [1.54, 1.807) is 16.4 Å². The van der Waals surface area contributed by atoms with Crippen LogP contribution in [0.5, 0.6) is 0 Å². The number of benzene rings is 2. The molecule has 2 aromatic carbocycles. The molecule has 184 valence electrons. The Kier molecular flexibility index (Phi) is 7.80. The van der Waals surface area contributed by atoms with Crippen LogP contribution in [0.15, 0.2) is 64.3 Å². The van der Waals surface area contributed by atoms with Crippen molar-refractivity contribution >= 4 is 35.0 Å². The van der Waals surface area contributed by atoms with Crippen LogP contribution >= 0.6 is 11.8 Å². The van der Waals surface area contributed by atoms with Gasteiger partial charge < -0.3 is 10.6 Å². The van der Waals surface area contributed by atoms with E-state index in [0.29, 0.717) is 5.69 Å². The molecule has 0 spiro atoms. The Hall–Kier alpha value is -3.26. The number of carbonyl (C=O) groups is 2. The Balaban J connectivity index is 1.38. The third-order valence-corrected chi connectivity index (χ3v) is 7.69. The molecule has 1 aliphatic carbocycles. The van der Waals surface area contributed by atoms with E-state index in [1.807, 2.05) is 68.4 Å². The van der Waals surface area contributed by atoms with Gasteiger partial charge in [0, 0.05) is 23.5 Å². The minimum Gasteiger partial charge on any atom is -0.326 e. The van der Waals surface area contributed by atoms with E-state index >= 15 is 0 Å². The molecule has 2 N–H and O–H groups in total. The lowest BCUT2D eigenvalue weighted by molar-refractivity contribution is -0.120. The molecule has 1 aliphatic rings. The zero-order valence-corrected chi connectivity index (χ0v) is 21.2. The van der Waals surface area contributed by atoms with Crippen LogP contribution in [0.2, 0.25) is 0 Å². The van der Waals surface area contributed by atoms with Crippen molar-refractivity contribution < 1.29 is 9.59 Å². The maximum Gasteiger partial charge on any atom is 0.295 e. The van der Waals surface area contributed by atoms with Crippen LogP contribution in [0.25, 0.3) is 5.69 Å². The van der Waals surface area contributed by atoms with Crippen molar-refractivity contribution in [2.45, 2.75) is 56.1 Å². The van der Waals surface area contributed by atoms with Gasteiger partial charge in [-0.15, -0.1) is 11.8 Å². The first-order chi connectivity index (χ1) is 16.8. The second-order valence-electron chi connectivity index (χ2n) is 9.03. The second kappa shape index (κ2) is 11.0. The molecule has 35 heavy (non-hydrogen) atoms. The highest BCUT2D eigenvalue weighted by Gasteiger charge is 2.23. The molecular formula is C27H32N4O3S. The van der Waals surface area contributed by atoms with E-state index in [0.717, 1.165) is 42.0 Å². The molecule has 1 unspecified atom stereocenters. The summed E-state index contributed by atoms with van der Waals surface area (Å²) in [6, 6.07) is 16.9. The summed E-state index contributed by atoms with van der Waals surface area (Å²) in [5.74, 6) is -0.0395.